The third-order valence-electron chi connectivity index (χ3n) is 4.56. The van der Waals surface area contributed by atoms with Crippen LogP contribution in [-0.4, -0.2) is 22.1 Å². The molecular weight excluding hydrogens is 509 g/mol. The lowest BCUT2D eigenvalue weighted by atomic mass is 10.0. The molecule has 3 rings (SSSR count). The first-order valence-electron chi connectivity index (χ1n) is 9.51. The summed E-state index contributed by atoms with van der Waals surface area (Å²) in [5.41, 5.74) is 7.15. The Hall–Kier alpha value is -2.07. The second-order valence-electron chi connectivity index (χ2n) is 6.69. The predicted octanol–water partition coefficient (Wildman–Crippen LogP) is 4.72. The summed E-state index contributed by atoms with van der Waals surface area (Å²) in [7, 11) is 0. The van der Waals surface area contributed by atoms with Crippen molar-refractivity contribution in [3.63, 3.8) is 0 Å². The van der Waals surface area contributed by atoms with E-state index in [1.807, 2.05) is 0 Å². The highest BCUT2D eigenvalue weighted by atomic mass is 79.9. The third kappa shape index (κ3) is 5.79. The molecule has 0 amide bonds. The Bertz CT molecular complexity index is 1130. The number of hydrogen-bond donors (Lipinski definition) is 1. The van der Waals surface area contributed by atoms with E-state index in [4.69, 9.17) is 22.1 Å². The van der Waals surface area contributed by atoms with Crippen molar-refractivity contribution in [2.45, 2.75) is 32.4 Å². The zero-order valence-corrected chi connectivity index (χ0v) is 19.8. The lowest BCUT2D eigenvalue weighted by Gasteiger charge is -2.16. The number of nitrogens with zero attached hydrogens (tertiary/aromatic N) is 2. The average molecular weight is 529 g/mol. The molecule has 0 saturated heterocycles. The van der Waals surface area contributed by atoms with Crippen LogP contribution < -0.4 is 11.3 Å². The first-order valence-corrected chi connectivity index (χ1v) is 11.5. The molecular formula is C21H20BrClFN3O3S. The van der Waals surface area contributed by atoms with Crippen molar-refractivity contribution >= 4 is 44.8 Å². The molecule has 2 N–H and O–H groups in total. The number of rotatable bonds is 8. The van der Waals surface area contributed by atoms with Crippen LogP contribution in [0.4, 0.5) is 4.39 Å². The molecule has 0 spiro atoms. The van der Waals surface area contributed by atoms with Crippen LogP contribution in [0.15, 0.2) is 45.7 Å². The molecule has 2 heterocycles. The largest absolute Gasteiger partial charge is 0.465 e. The van der Waals surface area contributed by atoms with Crippen molar-refractivity contribution in [2.75, 3.05) is 6.61 Å². The monoisotopic (exact) mass is 527 g/mol. The molecule has 1 atom stereocenters. The number of esters is 1. The molecule has 0 aliphatic heterocycles. The van der Waals surface area contributed by atoms with Gasteiger partial charge < -0.3 is 10.5 Å². The van der Waals surface area contributed by atoms with Crippen LogP contribution in [0.3, 0.4) is 0 Å². The minimum absolute atomic E-state index is 0.210. The Morgan fingerprint density at radius 2 is 2.03 bits per heavy atom. The first-order chi connectivity index (χ1) is 14.8. The zero-order valence-electron chi connectivity index (χ0n) is 16.6. The molecule has 0 aliphatic carbocycles. The molecule has 3 aromatic rings. The fraction of sp³-hybridized carbons (Fsp3) is 0.286. The van der Waals surface area contributed by atoms with Gasteiger partial charge in [-0.2, -0.15) is 0 Å². The molecule has 6 nitrogen and oxygen atoms in total. The average Bonchev–Trinajstić information content (AvgIpc) is 3.17. The van der Waals surface area contributed by atoms with Gasteiger partial charge in [0, 0.05) is 6.04 Å². The Kier molecular flexibility index (Phi) is 7.99. The number of halogens is 3. The van der Waals surface area contributed by atoms with Crippen molar-refractivity contribution < 1.29 is 13.9 Å². The minimum Gasteiger partial charge on any atom is -0.465 e. The number of carbonyl (C=O) groups is 1. The Balaban J connectivity index is 1.93. The number of ether oxygens (including phenoxy) is 1. The summed E-state index contributed by atoms with van der Waals surface area (Å²) in [5.74, 6) is -0.526. The van der Waals surface area contributed by atoms with Gasteiger partial charge in [0.2, 0.25) is 0 Å². The van der Waals surface area contributed by atoms with Crippen molar-refractivity contribution in [3.8, 4) is 10.7 Å². The summed E-state index contributed by atoms with van der Waals surface area (Å²) in [6.07, 6.45) is 0.893. The fourth-order valence-corrected chi connectivity index (χ4v) is 4.56. The summed E-state index contributed by atoms with van der Waals surface area (Å²) in [6.45, 7) is 1.64. The number of aromatic nitrogens is 2. The van der Waals surface area contributed by atoms with Crippen LogP contribution in [-0.2, 0) is 22.5 Å². The zero-order chi connectivity index (χ0) is 22.5. The summed E-state index contributed by atoms with van der Waals surface area (Å²) < 4.78 is 20.2. The van der Waals surface area contributed by atoms with E-state index in [1.54, 1.807) is 31.2 Å². The first kappa shape index (κ1) is 23.6. The molecule has 0 fully saturated rings. The van der Waals surface area contributed by atoms with Crippen molar-refractivity contribution in [1.82, 2.24) is 9.55 Å². The molecule has 0 radical (unpaired) electrons. The molecule has 0 bridgehead atoms. The summed E-state index contributed by atoms with van der Waals surface area (Å²) in [5, 5.41) is 0. The summed E-state index contributed by atoms with van der Waals surface area (Å²) >= 11 is 10.7. The standard InChI is InChI=1S/C21H20BrClFN3O3S/c1-2-30-18(28)11-27-20(16-9-10-17(23)31-16)26-15(19(22)21(27)29)8-7-14(25)12-3-5-13(24)6-4-12/h3-6,9-10,14H,2,7-8,11,25H2,1H3/t14-/m0/s1. The molecule has 0 unspecified atom stereocenters. The van der Waals surface area contributed by atoms with Gasteiger partial charge in [-0.3, -0.25) is 14.2 Å². The fourth-order valence-electron chi connectivity index (χ4n) is 3.01. The van der Waals surface area contributed by atoms with E-state index in [0.717, 1.165) is 5.56 Å². The minimum atomic E-state index is -0.534. The smallest absolute Gasteiger partial charge is 0.326 e. The lowest BCUT2D eigenvalue weighted by molar-refractivity contribution is -0.143. The van der Waals surface area contributed by atoms with E-state index in [-0.39, 0.29) is 29.5 Å². The van der Waals surface area contributed by atoms with E-state index < -0.39 is 11.5 Å². The number of nitrogens with two attached hydrogens (primary N) is 1. The van der Waals surface area contributed by atoms with Gasteiger partial charge in [0.25, 0.3) is 5.56 Å². The van der Waals surface area contributed by atoms with E-state index in [1.165, 1.54) is 28.0 Å². The molecule has 1 aromatic carbocycles. The van der Waals surface area contributed by atoms with E-state index in [0.29, 0.717) is 33.6 Å². The van der Waals surface area contributed by atoms with E-state index in [2.05, 4.69) is 20.9 Å². The van der Waals surface area contributed by atoms with Crippen molar-refractivity contribution in [3.05, 3.63) is 72.6 Å². The SMILES string of the molecule is CCOC(=O)Cn1c(-c2ccc(Cl)s2)nc(CC[C@H](N)c2ccc(F)cc2)c(Br)c1=O. The lowest BCUT2D eigenvalue weighted by Crippen LogP contribution is -2.29. The highest BCUT2D eigenvalue weighted by Crippen LogP contribution is 2.31. The van der Waals surface area contributed by atoms with E-state index in [9.17, 15) is 14.0 Å². The van der Waals surface area contributed by atoms with E-state index >= 15 is 0 Å². The Morgan fingerprint density at radius 3 is 2.65 bits per heavy atom. The van der Waals surface area contributed by atoms with Gasteiger partial charge in [0.05, 0.1) is 21.5 Å². The Morgan fingerprint density at radius 1 is 1.32 bits per heavy atom. The Labute approximate surface area is 196 Å². The molecule has 0 saturated carbocycles. The van der Waals surface area contributed by atoms with Gasteiger partial charge in [0.1, 0.15) is 16.8 Å². The third-order valence-corrected chi connectivity index (χ3v) is 6.58. The molecule has 2 aromatic heterocycles. The van der Waals surface area contributed by atoms with Crippen LogP contribution in [0.5, 0.6) is 0 Å². The highest BCUT2D eigenvalue weighted by molar-refractivity contribution is 9.10. The predicted molar refractivity (Wildman–Crippen MR) is 123 cm³/mol. The van der Waals surface area contributed by atoms with Crippen LogP contribution >= 0.6 is 38.9 Å². The molecule has 164 valence electrons. The van der Waals surface area contributed by atoms with Gasteiger partial charge in [-0.05, 0) is 65.5 Å². The molecule has 0 aliphatic rings. The van der Waals surface area contributed by atoms with Crippen LogP contribution in [0.25, 0.3) is 10.7 Å². The second-order valence-corrected chi connectivity index (χ2v) is 9.20. The number of thiophene rings is 1. The quantitative estimate of drug-likeness (QED) is 0.428. The van der Waals surface area contributed by atoms with Crippen molar-refractivity contribution in [2.24, 2.45) is 5.73 Å². The number of aryl methyl sites for hydroxylation is 1. The van der Waals surface area contributed by atoms with Crippen LogP contribution in [0.2, 0.25) is 4.34 Å². The second kappa shape index (κ2) is 10.5. The summed E-state index contributed by atoms with van der Waals surface area (Å²) in [4.78, 5) is 30.4. The van der Waals surface area contributed by atoms with Crippen LogP contribution in [0, 0.1) is 5.82 Å². The van der Waals surface area contributed by atoms with Crippen LogP contribution in [0.1, 0.15) is 30.6 Å². The number of hydrogen-bond acceptors (Lipinski definition) is 6. The number of carbonyl (C=O) groups excluding carboxylic acids is 1. The number of benzene rings is 1. The van der Waals surface area contributed by atoms with Gasteiger partial charge >= 0.3 is 5.97 Å². The van der Waals surface area contributed by atoms with Gasteiger partial charge in [-0.1, -0.05) is 23.7 Å². The van der Waals surface area contributed by atoms with Crippen molar-refractivity contribution in [1.29, 1.82) is 0 Å². The van der Waals surface area contributed by atoms with Gasteiger partial charge in [0.15, 0.2) is 5.82 Å². The topological polar surface area (TPSA) is 87.2 Å². The highest BCUT2D eigenvalue weighted by Gasteiger charge is 2.20. The van der Waals surface area contributed by atoms with Gasteiger partial charge in [-0.25, -0.2) is 9.37 Å². The maximum absolute atomic E-state index is 13.1. The maximum atomic E-state index is 13.1. The maximum Gasteiger partial charge on any atom is 0.326 e. The molecule has 31 heavy (non-hydrogen) atoms. The normalized spacial score (nSPS) is 12.0. The summed E-state index contributed by atoms with van der Waals surface area (Å²) in [6, 6.07) is 9.10. The molecule has 10 heteroatoms. The van der Waals surface area contributed by atoms with Gasteiger partial charge in [-0.15, -0.1) is 11.3 Å².